The molecule has 0 atom stereocenters. The maximum atomic E-state index is 12.1. The van der Waals surface area contributed by atoms with Gasteiger partial charge in [0.15, 0.2) is 0 Å². The zero-order valence-corrected chi connectivity index (χ0v) is 10.7. The minimum Gasteiger partial charge on any atom is -0.398 e. The molecule has 0 aliphatic carbocycles. The van der Waals surface area contributed by atoms with Crippen molar-refractivity contribution in [3.63, 3.8) is 0 Å². The Labute approximate surface area is 107 Å². The van der Waals surface area contributed by atoms with Crippen molar-refractivity contribution in [3.8, 4) is 0 Å². The van der Waals surface area contributed by atoms with Gasteiger partial charge in [-0.15, -0.1) is 0 Å². The van der Waals surface area contributed by atoms with Gasteiger partial charge in [0.2, 0.25) is 5.91 Å². The molecular weight excluding hydrogens is 286 g/mol. The van der Waals surface area contributed by atoms with Crippen molar-refractivity contribution >= 4 is 33.4 Å². The smallest absolute Gasteiger partial charge is 0.256 e. The number of nitrogens with one attached hydrogen (secondary N) is 1. The van der Waals surface area contributed by atoms with Gasteiger partial charge in [-0.2, -0.15) is 0 Å². The molecule has 5 nitrogen and oxygen atoms in total. The maximum absolute atomic E-state index is 12.1. The summed E-state index contributed by atoms with van der Waals surface area (Å²) in [6.07, 6.45) is 0. The van der Waals surface area contributed by atoms with Gasteiger partial charge in [0.05, 0.1) is 12.1 Å². The van der Waals surface area contributed by atoms with E-state index in [4.69, 9.17) is 5.73 Å². The summed E-state index contributed by atoms with van der Waals surface area (Å²) in [7, 11) is 0. The predicted molar refractivity (Wildman–Crippen MR) is 67.5 cm³/mol. The van der Waals surface area contributed by atoms with Crippen molar-refractivity contribution in [2.24, 2.45) is 0 Å². The normalized spacial score (nSPS) is 15.6. The van der Waals surface area contributed by atoms with Crippen LogP contribution in [-0.2, 0) is 4.79 Å². The van der Waals surface area contributed by atoms with Crippen LogP contribution in [-0.4, -0.2) is 36.3 Å². The number of nitrogens with two attached hydrogens (primary N) is 1. The standard InChI is InChI=1S/C11H12BrN3O2/c12-7-1-2-8(9(13)5-7)11(17)15-4-3-14-10(16)6-15/h1-2,5H,3-4,6,13H2,(H,14,16). The molecule has 1 aromatic carbocycles. The number of nitrogen functional groups attached to an aromatic ring is 1. The SMILES string of the molecule is Nc1cc(Br)ccc1C(=O)N1CCNC(=O)C1. The second-order valence-corrected chi connectivity index (χ2v) is 4.72. The van der Waals surface area contributed by atoms with Crippen LogP contribution in [0, 0.1) is 0 Å². The highest BCUT2D eigenvalue weighted by atomic mass is 79.9. The molecule has 90 valence electrons. The van der Waals surface area contributed by atoms with Crippen LogP contribution in [0.25, 0.3) is 0 Å². The van der Waals surface area contributed by atoms with Gasteiger partial charge in [-0.1, -0.05) is 15.9 Å². The third-order valence-electron chi connectivity index (χ3n) is 2.57. The lowest BCUT2D eigenvalue weighted by Gasteiger charge is -2.27. The third-order valence-corrected chi connectivity index (χ3v) is 3.06. The first-order valence-electron chi connectivity index (χ1n) is 5.19. The van der Waals surface area contributed by atoms with Gasteiger partial charge in [-0.3, -0.25) is 9.59 Å². The van der Waals surface area contributed by atoms with Gasteiger partial charge in [-0.05, 0) is 18.2 Å². The average molecular weight is 298 g/mol. The first kappa shape index (κ1) is 11.9. The Morgan fingerprint density at radius 3 is 2.88 bits per heavy atom. The molecule has 2 amide bonds. The molecule has 0 bridgehead atoms. The molecule has 1 saturated heterocycles. The van der Waals surface area contributed by atoms with Crippen LogP contribution in [0.1, 0.15) is 10.4 Å². The predicted octanol–water partition coefficient (Wildman–Crippen LogP) is 0.603. The molecule has 0 radical (unpaired) electrons. The molecule has 17 heavy (non-hydrogen) atoms. The minimum atomic E-state index is -0.204. The lowest BCUT2D eigenvalue weighted by molar-refractivity contribution is -0.123. The molecule has 6 heteroatoms. The molecule has 0 unspecified atom stereocenters. The summed E-state index contributed by atoms with van der Waals surface area (Å²) in [5.74, 6) is -0.342. The van der Waals surface area contributed by atoms with E-state index in [1.165, 1.54) is 4.90 Å². The number of piperazine rings is 1. The van der Waals surface area contributed by atoms with Crippen molar-refractivity contribution < 1.29 is 9.59 Å². The molecule has 0 saturated carbocycles. The quantitative estimate of drug-likeness (QED) is 0.746. The van der Waals surface area contributed by atoms with Gasteiger partial charge in [-0.25, -0.2) is 0 Å². The first-order valence-corrected chi connectivity index (χ1v) is 5.98. The van der Waals surface area contributed by atoms with E-state index in [0.29, 0.717) is 24.3 Å². The van der Waals surface area contributed by atoms with Crippen molar-refractivity contribution in [1.29, 1.82) is 0 Å². The van der Waals surface area contributed by atoms with Gasteiger partial charge in [0.1, 0.15) is 0 Å². The number of halogens is 1. The Hall–Kier alpha value is -1.56. The molecule has 1 aliphatic rings. The fourth-order valence-electron chi connectivity index (χ4n) is 1.71. The van der Waals surface area contributed by atoms with Crippen LogP contribution in [0.5, 0.6) is 0 Å². The summed E-state index contributed by atoms with van der Waals surface area (Å²) in [5, 5.41) is 2.67. The number of nitrogens with zero attached hydrogens (tertiary/aromatic N) is 1. The highest BCUT2D eigenvalue weighted by molar-refractivity contribution is 9.10. The van der Waals surface area contributed by atoms with Crippen LogP contribution in [0.4, 0.5) is 5.69 Å². The second kappa shape index (κ2) is 4.75. The Kier molecular flexibility index (Phi) is 3.33. The number of amides is 2. The molecule has 1 fully saturated rings. The highest BCUT2D eigenvalue weighted by Gasteiger charge is 2.23. The Morgan fingerprint density at radius 2 is 2.24 bits per heavy atom. The largest absolute Gasteiger partial charge is 0.398 e. The second-order valence-electron chi connectivity index (χ2n) is 3.81. The van der Waals surface area contributed by atoms with E-state index < -0.39 is 0 Å². The Morgan fingerprint density at radius 1 is 1.47 bits per heavy atom. The average Bonchev–Trinajstić information content (AvgIpc) is 2.28. The fraction of sp³-hybridized carbons (Fsp3) is 0.273. The van der Waals surface area contributed by atoms with Crippen LogP contribution in [0.3, 0.4) is 0 Å². The van der Waals surface area contributed by atoms with E-state index in [1.54, 1.807) is 18.2 Å². The summed E-state index contributed by atoms with van der Waals surface area (Å²) in [6, 6.07) is 5.10. The van der Waals surface area contributed by atoms with E-state index in [1.807, 2.05) is 0 Å². The van der Waals surface area contributed by atoms with E-state index in [2.05, 4.69) is 21.2 Å². The number of carbonyl (C=O) groups excluding carboxylic acids is 2. The molecule has 1 heterocycles. The topological polar surface area (TPSA) is 75.4 Å². The molecule has 0 aromatic heterocycles. The number of benzene rings is 1. The van der Waals surface area contributed by atoms with Gasteiger partial charge in [0, 0.05) is 23.2 Å². The number of rotatable bonds is 1. The molecule has 2 rings (SSSR count). The summed E-state index contributed by atoms with van der Waals surface area (Å²) in [6.45, 7) is 1.09. The van der Waals surface area contributed by atoms with Gasteiger partial charge >= 0.3 is 0 Å². The number of hydrogen-bond donors (Lipinski definition) is 2. The summed E-state index contributed by atoms with van der Waals surface area (Å²) >= 11 is 3.28. The number of hydrogen-bond acceptors (Lipinski definition) is 3. The highest BCUT2D eigenvalue weighted by Crippen LogP contribution is 2.20. The minimum absolute atomic E-state index is 0.0916. The van der Waals surface area contributed by atoms with Crippen molar-refractivity contribution in [1.82, 2.24) is 10.2 Å². The molecular formula is C11H12BrN3O2. The van der Waals surface area contributed by atoms with Gasteiger partial charge in [0.25, 0.3) is 5.91 Å². The number of carbonyl (C=O) groups is 2. The summed E-state index contributed by atoms with van der Waals surface area (Å²) in [5.41, 5.74) is 6.63. The molecule has 0 spiro atoms. The zero-order valence-electron chi connectivity index (χ0n) is 9.07. The van der Waals surface area contributed by atoms with Crippen molar-refractivity contribution in [2.75, 3.05) is 25.4 Å². The first-order chi connectivity index (χ1) is 8.08. The molecule has 1 aromatic rings. The van der Waals surface area contributed by atoms with Crippen molar-refractivity contribution in [3.05, 3.63) is 28.2 Å². The Balaban J connectivity index is 2.21. The van der Waals surface area contributed by atoms with E-state index in [0.717, 1.165) is 4.47 Å². The van der Waals surface area contributed by atoms with Crippen LogP contribution < -0.4 is 11.1 Å². The Bertz CT molecular complexity index is 476. The summed E-state index contributed by atoms with van der Waals surface area (Å²) in [4.78, 5) is 24.8. The van der Waals surface area contributed by atoms with E-state index in [-0.39, 0.29) is 18.4 Å². The fourth-order valence-corrected chi connectivity index (χ4v) is 2.09. The van der Waals surface area contributed by atoms with Crippen molar-refractivity contribution in [2.45, 2.75) is 0 Å². The zero-order chi connectivity index (χ0) is 12.4. The lowest BCUT2D eigenvalue weighted by Crippen LogP contribution is -2.50. The van der Waals surface area contributed by atoms with E-state index >= 15 is 0 Å². The monoisotopic (exact) mass is 297 g/mol. The number of anilines is 1. The van der Waals surface area contributed by atoms with E-state index in [9.17, 15) is 9.59 Å². The van der Waals surface area contributed by atoms with Crippen LogP contribution >= 0.6 is 15.9 Å². The lowest BCUT2D eigenvalue weighted by atomic mass is 10.1. The van der Waals surface area contributed by atoms with Crippen LogP contribution in [0.15, 0.2) is 22.7 Å². The maximum Gasteiger partial charge on any atom is 0.256 e. The van der Waals surface area contributed by atoms with Crippen LogP contribution in [0.2, 0.25) is 0 Å². The molecule has 1 aliphatic heterocycles. The molecule has 3 N–H and O–H groups in total. The van der Waals surface area contributed by atoms with Gasteiger partial charge < -0.3 is 16.0 Å². The summed E-state index contributed by atoms with van der Waals surface area (Å²) < 4.78 is 0.822. The third kappa shape index (κ3) is 2.58.